The van der Waals surface area contributed by atoms with E-state index < -0.39 is 5.54 Å². The van der Waals surface area contributed by atoms with Crippen LogP contribution in [0, 0.1) is 0 Å². The number of esters is 1. The number of carbonyl (C=O) groups excluding carboxylic acids is 1. The van der Waals surface area contributed by atoms with Crippen LogP contribution in [0.2, 0.25) is 0 Å². The summed E-state index contributed by atoms with van der Waals surface area (Å²) < 4.78 is 10.2. The topological polar surface area (TPSA) is 61.5 Å². The monoisotopic (exact) mass is 287 g/mol. The largest absolute Gasteiger partial charge is 0.497 e. The van der Waals surface area contributed by atoms with Crippen molar-refractivity contribution < 1.29 is 14.3 Å². The summed E-state index contributed by atoms with van der Waals surface area (Å²) in [7, 11) is 1.64. The Morgan fingerprint density at radius 2 is 1.86 bits per heavy atom. The summed E-state index contributed by atoms with van der Waals surface area (Å²) in [6.45, 7) is 4.00. The van der Waals surface area contributed by atoms with Gasteiger partial charge in [0.2, 0.25) is 0 Å². The lowest BCUT2D eigenvalue weighted by Crippen LogP contribution is -2.36. The van der Waals surface area contributed by atoms with Gasteiger partial charge in [0.1, 0.15) is 5.75 Å². The zero-order valence-electron chi connectivity index (χ0n) is 12.7. The van der Waals surface area contributed by atoms with Gasteiger partial charge in [-0.2, -0.15) is 0 Å². The van der Waals surface area contributed by atoms with E-state index in [0.29, 0.717) is 6.61 Å². The fourth-order valence-electron chi connectivity index (χ4n) is 2.32. The maximum Gasteiger partial charge on any atom is 0.307 e. The Kier molecular flexibility index (Phi) is 4.48. The Hall–Kier alpha value is -2.07. The Morgan fingerprint density at radius 1 is 1.19 bits per heavy atom. The van der Waals surface area contributed by atoms with Crippen molar-refractivity contribution in [3.8, 4) is 5.75 Å². The van der Waals surface area contributed by atoms with Gasteiger partial charge in [-0.05, 0) is 48.4 Å². The first kappa shape index (κ1) is 15.3. The second-order valence-corrected chi connectivity index (χ2v) is 5.33. The lowest BCUT2D eigenvalue weighted by molar-refractivity contribution is -0.144. The molecule has 0 aliphatic heterocycles. The number of hydrogen-bond donors (Lipinski definition) is 1. The molecule has 4 nitrogen and oxygen atoms in total. The first-order chi connectivity index (χ1) is 9.96. The third-order valence-electron chi connectivity index (χ3n) is 3.52. The zero-order valence-corrected chi connectivity index (χ0v) is 12.7. The van der Waals surface area contributed by atoms with E-state index in [9.17, 15) is 4.79 Å². The van der Waals surface area contributed by atoms with Crippen LogP contribution in [0.4, 0.5) is 0 Å². The Morgan fingerprint density at radius 3 is 2.52 bits per heavy atom. The molecule has 0 radical (unpaired) electrons. The van der Waals surface area contributed by atoms with E-state index in [1.54, 1.807) is 14.0 Å². The molecule has 0 spiro atoms. The van der Waals surface area contributed by atoms with E-state index in [-0.39, 0.29) is 12.4 Å². The summed E-state index contributed by atoms with van der Waals surface area (Å²) >= 11 is 0. The van der Waals surface area contributed by atoms with Crippen molar-refractivity contribution in [1.29, 1.82) is 0 Å². The molecule has 2 rings (SSSR count). The average Bonchev–Trinajstić information content (AvgIpc) is 2.45. The second kappa shape index (κ2) is 6.14. The lowest BCUT2D eigenvalue weighted by Gasteiger charge is -2.24. The molecule has 1 atom stereocenters. The van der Waals surface area contributed by atoms with Crippen LogP contribution in [0.25, 0.3) is 10.8 Å². The smallest absolute Gasteiger partial charge is 0.307 e. The number of rotatable bonds is 5. The maximum absolute atomic E-state index is 11.7. The van der Waals surface area contributed by atoms with E-state index in [4.69, 9.17) is 15.2 Å². The van der Waals surface area contributed by atoms with Crippen LogP contribution >= 0.6 is 0 Å². The molecule has 0 heterocycles. The van der Waals surface area contributed by atoms with Gasteiger partial charge in [0, 0.05) is 5.54 Å². The molecule has 2 N–H and O–H groups in total. The van der Waals surface area contributed by atoms with E-state index >= 15 is 0 Å². The van der Waals surface area contributed by atoms with Crippen molar-refractivity contribution in [3.05, 3.63) is 42.0 Å². The molecule has 0 saturated heterocycles. The van der Waals surface area contributed by atoms with Gasteiger partial charge in [0.15, 0.2) is 0 Å². The van der Waals surface area contributed by atoms with Crippen LogP contribution in [0.15, 0.2) is 36.4 Å². The molecule has 2 aromatic rings. The summed E-state index contributed by atoms with van der Waals surface area (Å²) in [5.41, 5.74) is 6.45. The first-order valence-electron chi connectivity index (χ1n) is 6.99. The molecule has 0 amide bonds. The van der Waals surface area contributed by atoms with E-state index in [0.717, 1.165) is 22.1 Å². The van der Waals surface area contributed by atoms with Crippen molar-refractivity contribution in [1.82, 2.24) is 0 Å². The van der Waals surface area contributed by atoms with Crippen LogP contribution in [0.1, 0.15) is 25.8 Å². The number of benzene rings is 2. The molecule has 0 aliphatic carbocycles. The predicted molar refractivity (Wildman–Crippen MR) is 83.3 cm³/mol. The Bertz CT molecular complexity index is 650. The van der Waals surface area contributed by atoms with Gasteiger partial charge in [-0.3, -0.25) is 4.79 Å². The molecule has 21 heavy (non-hydrogen) atoms. The Balaban J connectivity index is 2.31. The molecule has 4 heteroatoms. The van der Waals surface area contributed by atoms with Crippen LogP contribution in [-0.4, -0.2) is 19.7 Å². The number of hydrogen-bond acceptors (Lipinski definition) is 4. The van der Waals surface area contributed by atoms with Gasteiger partial charge >= 0.3 is 5.97 Å². The molecule has 0 aromatic heterocycles. The normalized spacial score (nSPS) is 13.7. The summed E-state index contributed by atoms with van der Waals surface area (Å²) in [5.74, 6) is 0.537. The summed E-state index contributed by atoms with van der Waals surface area (Å²) in [6.07, 6.45) is 0.155. The molecule has 112 valence electrons. The SMILES string of the molecule is CCOC(=O)CC(C)(N)c1ccc2cc(OC)ccc2c1. The lowest BCUT2D eigenvalue weighted by atomic mass is 9.88. The van der Waals surface area contributed by atoms with Crippen LogP contribution in [0.3, 0.4) is 0 Å². The third-order valence-corrected chi connectivity index (χ3v) is 3.52. The van der Waals surface area contributed by atoms with Gasteiger partial charge in [0.05, 0.1) is 20.1 Å². The third kappa shape index (κ3) is 3.52. The highest BCUT2D eigenvalue weighted by atomic mass is 16.5. The fourth-order valence-corrected chi connectivity index (χ4v) is 2.32. The number of nitrogens with two attached hydrogens (primary N) is 1. The number of fused-ring (bicyclic) bond motifs is 1. The Labute approximate surface area is 124 Å². The van der Waals surface area contributed by atoms with Crippen molar-refractivity contribution in [2.45, 2.75) is 25.8 Å². The molecule has 0 bridgehead atoms. The van der Waals surface area contributed by atoms with Crippen molar-refractivity contribution in [3.63, 3.8) is 0 Å². The minimum atomic E-state index is -0.750. The number of ether oxygens (including phenoxy) is 2. The highest BCUT2D eigenvalue weighted by Gasteiger charge is 2.25. The highest BCUT2D eigenvalue weighted by Crippen LogP contribution is 2.28. The van der Waals surface area contributed by atoms with Crippen LogP contribution in [0.5, 0.6) is 5.75 Å². The van der Waals surface area contributed by atoms with E-state index in [2.05, 4.69) is 0 Å². The molecular weight excluding hydrogens is 266 g/mol. The van der Waals surface area contributed by atoms with Gasteiger partial charge in [-0.1, -0.05) is 18.2 Å². The summed E-state index contributed by atoms with van der Waals surface area (Å²) in [4.78, 5) is 11.7. The van der Waals surface area contributed by atoms with Gasteiger partial charge in [-0.25, -0.2) is 0 Å². The predicted octanol–water partition coefficient (Wildman–Crippen LogP) is 2.98. The maximum atomic E-state index is 11.7. The zero-order chi connectivity index (χ0) is 15.5. The standard InChI is InChI=1S/C17H21NO3/c1-4-21-16(19)11-17(2,18)14-7-5-13-10-15(20-3)8-6-12(13)9-14/h5-10H,4,11,18H2,1-3H3. The highest BCUT2D eigenvalue weighted by molar-refractivity contribution is 5.85. The first-order valence-corrected chi connectivity index (χ1v) is 6.99. The molecule has 0 fully saturated rings. The molecular formula is C17H21NO3. The minimum absolute atomic E-state index is 0.155. The molecule has 2 aromatic carbocycles. The second-order valence-electron chi connectivity index (χ2n) is 5.33. The number of methoxy groups -OCH3 is 1. The molecule has 1 unspecified atom stereocenters. The van der Waals surface area contributed by atoms with Gasteiger partial charge in [-0.15, -0.1) is 0 Å². The van der Waals surface area contributed by atoms with Crippen molar-refractivity contribution in [2.24, 2.45) is 5.73 Å². The quantitative estimate of drug-likeness (QED) is 0.859. The van der Waals surface area contributed by atoms with Crippen molar-refractivity contribution in [2.75, 3.05) is 13.7 Å². The average molecular weight is 287 g/mol. The van der Waals surface area contributed by atoms with E-state index in [1.165, 1.54) is 0 Å². The van der Waals surface area contributed by atoms with Crippen LogP contribution < -0.4 is 10.5 Å². The minimum Gasteiger partial charge on any atom is -0.497 e. The summed E-state index contributed by atoms with van der Waals surface area (Å²) in [6, 6.07) is 11.8. The molecule has 0 saturated carbocycles. The van der Waals surface area contributed by atoms with E-state index in [1.807, 2.05) is 43.3 Å². The van der Waals surface area contributed by atoms with Crippen molar-refractivity contribution >= 4 is 16.7 Å². The number of carbonyl (C=O) groups is 1. The molecule has 0 aliphatic rings. The fraction of sp³-hybridized carbons (Fsp3) is 0.353. The van der Waals surface area contributed by atoms with Crippen LogP contribution in [-0.2, 0) is 15.1 Å². The van der Waals surface area contributed by atoms with Gasteiger partial charge in [0.25, 0.3) is 0 Å². The summed E-state index contributed by atoms with van der Waals surface area (Å²) in [5, 5.41) is 2.14. The van der Waals surface area contributed by atoms with Gasteiger partial charge < -0.3 is 15.2 Å².